The Hall–Kier alpha value is -1.14. The molecule has 0 aromatic carbocycles. The predicted molar refractivity (Wildman–Crippen MR) is 82.5 cm³/mol. The van der Waals surface area contributed by atoms with Crippen LogP contribution in [-0.4, -0.2) is 66.2 Å². The third kappa shape index (κ3) is 2.74. The van der Waals surface area contributed by atoms with E-state index in [1.807, 2.05) is 13.8 Å². The normalized spacial score (nSPS) is 36.9. The summed E-state index contributed by atoms with van der Waals surface area (Å²) in [7, 11) is 0. The number of likely N-dealkylation sites (N-methyl/N-ethyl adjacent to an activating group) is 1. The molecule has 3 aliphatic heterocycles. The minimum Gasteiger partial charge on any atom is -0.377 e. The lowest BCUT2D eigenvalue weighted by Gasteiger charge is -2.40. The van der Waals surface area contributed by atoms with Crippen molar-refractivity contribution >= 4 is 11.9 Å². The summed E-state index contributed by atoms with van der Waals surface area (Å²) in [6.07, 6.45) is 4.69. The van der Waals surface area contributed by atoms with Gasteiger partial charge in [0, 0.05) is 32.2 Å². The molecule has 3 unspecified atom stereocenters. The highest BCUT2D eigenvalue weighted by atomic mass is 16.5. The van der Waals surface area contributed by atoms with Crippen LogP contribution in [0.4, 0.5) is 4.79 Å². The van der Waals surface area contributed by atoms with E-state index in [2.05, 4.69) is 10.2 Å². The van der Waals surface area contributed by atoms with E-state index in [0.717, 1.165) is 51.9 Å². The molecule has 3 atom stereocenters. The molecular weight excluding hydrogens is 282 g/mol. The number of carbonyl (C=O) groups is 2. The number of hydrogen-bond donors (Lipinski definition) is 1. The molecule has 0 radical (unpaired) electrons. The number of ether oxygens (including phenoxy) is 1. The summed E-state index contributed by atoms with van der Waals surface area (Å²) in [4.78, 5) is 28.4. The first-order valence-electron chi connectivity index (χ1n) is 8.52. The number of urea groups is 1. The highest BCUT2D eigenvalue weighted by Crippen LogP contribution is 2.32. The molecular formula is C16H27N3O3. The molecule has 0 aromatic heterocycles. The van der Waals surface area contributed by atoms with E-state index in [9.17, 15) is 9.59 Å². The number of likely N-dealkylation sites (tertiary alicyclic amines) is 1. The fourth-order valence-electron chi connectivity index (χ4n) is 4.05. The smallest absolute Gasteiger partial charge is 0.325 e. The molecule has 0 saturated carbocycles. The Morgan fingerprint density at radius 1 is 1.32 bits per heavy atom. The summed E-state index contributed by atoms with van der Waals surface area (Å²) >= 11 is 0. The summed E-state index contributed by atoms with van der Waals surface area (Å²) in [6.45, 7) is 7.92. The van der Waals surface area contributed by atoms with Gasteiger partial charge >= 0.3 is 6.03 Å². The quantitative estimate of drug-likeness (QED) is 0.793. The van der Waals surface area contributed by atoms with Crippen LogP contribution >= 0.6 is 0 Å². The second kappa shape index (κ2) is 6.16. The van der Waals surface area contributed by atoms with E-state index < -0.39 is 5.54 Å². The van der Waals surface area contributed by atoms with Gasteiger partial charge in [0.25, 0.3) is 5.91 Å². The molecule has 3 saturated heterocycles. The van der Waals surface area contributed by atoms with Crippen LogP contribution in [0.2, 0.25) is 0 Å². The summed E-state index contributed by atoms with van der Waals surface area (Å²) in [5.41, 5.74) is -0.748. The Kier molecular flexibility index (Phi) is 4.41. The highest BCUT2D eigenvalue weighted by Gasteiger charge is 2.52. The van der Waals surface area contributed by atoms with Crippen LogP contribution in [0.15, 0.2) is 0 Å². The van der Waals surface area contributed by atoms with E-state index in [0.29, 0.717) is 12.6 Å². The fraction of sp³-hybridized carbons (Fsp3) is 0.875. The summed E-state index contributed by atoms with van der Waals surface area (Å²) < 4.78 is 5.73. The van der Waals surface area contributed by atoms with Crippen LogP contribution in [0.25, 0.3) is 0 Å². The zero-order valence-electron chi connectivity index (χ0n) is 13.6. The van der Waals surface area contributed by atoms with Crippen LogP contribution in [0.5, 0.6) is 0 Å². The molecule has 6 nitrogen and oxygen atoms in total. The molecule has 0 spiro atoms. The maximum atomic E-state index is 12.6. The molecule has 3 amide bonds. The predicted octanol–water partition coefficient (Wildman–Crippen LogP) is 1.21. The number of imide groups is 1. The standard InChI is InChI=1S/C16H27N3O3/c1-3-19-14(20)16(2,17-15(19)21)12-6-4-8-18(10-12)11-13-7-5-9-22-13/h12-13H,3-11H2,1-2H3,(H,17,21). The van der Waals surface area contributed by atoms with Gasteiger partial charge in [-0.15, -0.1) is 0 Å². The molecule has 6 heteroatoms. The summed E-state index contributed by atoms with van der Waals surface area (Å²) in [5.74, 6) is 0.111. The molecule has 0 aliphatic carbocycles. The van der Waals surface area contributed by atoms with Crippen molar-refractivity contribution in [3.05, 3.63) is 0 Å². The van der Waals surface area contributed by atoms with Crippen LogP contribution in [-0.2, 0) is 9.53 Å². The van der Waals surface area contributed by atoms with Gasteiger partial charge in [-0.2, -0.15) is 0 Å². The van der Waals surface area contributed by atoms with Gasteiger partial charge in [0.05, 0.1) is 6.10 Å². The minimum absolute atomic E-state index is 0.0658. The van der Waals surface area contributed by atoms with Crippen molar-refractivity contribution < 1.29 is 14.3 Å². The van der Waals surface area contributed by atoms with Gasteiger partial charge in [0.1, 0.15) is 5.54 Å². The van der Waals surface area contributed by atoms with E-state index in [-0.39, 0.29) is 17.9 Å². The van der Waals surface area contributed by atoms with E-state index >= 15 is 0 Å². The Morgan fingerprint density at radius 3 is 2.77 bits per heavy atom. The lowest BCUT2D eigenvalue weighted by molar-refractivity contribution is -0.133. The summed E-state index contributed by atoms with van der Waals surface area (Å²) in [5, 5.41) is 2.94. The van der Waals surface area contributed by atoms with Gasteiger partial charge in [-0.1, -0.05) is 0 Å². The third-order valence-electron chi connectivity index (χ3n) is 5.43. The van der Waals surface area contributed by atoms with Gasteiger partial charge in [-0.3, -0.25) is 9.69 Å². The largest absolute Gasteiger partial charge is 0.377 e. The van der Waals surface area contributed by atoms with E-state index in [4.69, 9.17) is 4.74 Å². The Labute approximate surface area is 132 Å². The maximum absolute atomic E-state index is 12.6. The number of carbonyl (C=O) groups excluding carboxylic acids is 2. The Bertz CT molecular complexity index is 450. The Morgan fingerprint density at radius 2 is 2.14 bits per heavy atom. The molecule has 3 fully saturated rings. The van der Waals surface area contributed by atoms with Crippen LogP contribution in [0.1, 0.15) is 39.5 Å². The lowest BCUT2D eigenvalue weighted by atomic mass is 9.80. The molecule has 0 aromatic rings. The number of hydrogen-bond acceptors (Lipinski definition) is 4. The molecule has 1 N–H and O–H groups in total. The zero-order chi connectivity index (χ0) is 15.7. The third-order valence-corrected chi connectivity index (χ3v) is 5.43. The number of piperidine rings is 1. The van der Waals surface area contributed by atoms with Gasteiger partial charge < -0.3 is 15.0 Å². The fourth-order valence-corrected chi connectivity index (χ4v) is 4.05. The van der Waals surface area contributed by atoms with Crippen molar-refractivity contribution in [3.8, 4) is 0 Å². The maximum Gasteiger partial charge on any atom is 0.325 e. The first-order valence-corrected chi connectivity index (χ1v) is 8.52. The molecule has 3 rings (SSSR count). The topological polar surface area (TPSA) is 61.9 Å². The van der Waals surface area contributed by atoms with Crippen molar-refractivity contribution in [2.75, 3.05) is 32.8 Å². The van der Waals surface area contributed by atoms with Crippen molar-refractivity contribution in [1.82, 2.24) is 15.1 Å². The van der Waals surface area contributed by atoms with Gasteiger partial charge in [0.2, 0.25) is 0 Å². The highest BCUT2D eigenvalue weighted by molar-refractivity contribution is 6.07. The van der Waals surface area contributed by atoms with Crippen LogP contribution < -0.4 is 5.32 Å². The molecule has 0 bridgehead atoms. The average molecular weight is 309 g/mol. The van der Waals surface area contributed by atoms with Crippen molar-refractivity contribution in [2.45, 2.75) is 51.2 Å². The molecule has 22 heavy (non-hydrogen) atoms. The number of nitrogens with zero attached hydrogens (tertiary/aromatic N) is 2. The van der Waals surface area contributed by atoms with Gasteiger partial charge in [-0.25, -0.2) is 4.79 Å². The van der Waals surface area contributed by atoms with Gasteiger partial charge in [0.15, 0.2) is 0 Å². The first-order chi connectivity index (χ1) is 10.5. The number of nitrogens with one attached hydrogen (secondary N) is 1. The van der Waals surface area contributed by atoms with Crippen LogP contribution in [0, 0.1) is 5.92 Å². The summed E-state index contributed by atoms with van der Waals surface area (Å²) in [6, 6.07) is -0.244. The monoisotopic (exact) mass is 309 g/mol. The van der Waals surface area contributed by atoms with Crippen LogP contribution in [0.3, 0.4) is 0 Å². The van der Waals surface area contributed by atoms with Crippen molar-refractivity contribution in [3.63, 3.8) is 0 Å². The first kappa shape index (κ1) is 15.7. The van der Waals surface area contributed by atoms with E-state index in [1.54, 1.807) is 0 Å². The molecule has 3 heterocycles. The number of rotatable bonds is 4. The average Bonchev–Trinajstić information content (AvgIpc) is 3.07. The lowest BCUT2D eigenvalue weighted by Crippen LogP contribution is -2.56. The second-order valence-corrected chi connectivity index (χ2v) is 6.92. The number of amides is 3. The Balaban J connectivity index is 1.66. The zero-order valence-corrected chi connectivity index (χ0v) is 13.6. The van der Waals surface area contributed by atoms with Crippen molar-refractivity contribution in [1.29, 1.82) is 0 Å². The van der Waals surface area contributed by atoms with Crippen molar-refractivity contribution in [2.24, 2.45) is 5.92 Å². The molecule has 3 aliphatic rings. The molecule has 124 valence electrons. The second-order valence-electron chi connectivity index (χ2n) is 6.92. The SMILES string of the molecule is CCN1C(=O)NC(C)(C2CCCN(CC3CCCO3)C2)C1=O. The van der Waals surface area contributed by atoms with E-state index in [1.165, 1.54) is 4.90 Å². The minimum atomic E-state index is -0.748. The van der Waals surface area contributed by atoms with Gasteiger partial charge in [-0.05, 0) is 46.1 Å².